The van der Waals surface area contributed by atoms with Crippen LogP contribution < -0.4 is 15.4 Å². The molecule has 1 aromatic rings. The maximum atomic E-state index is 11.7. The van der Waals surface area contributed by atoms with Crippen molar-refractivity contribution in [1.82, 2.24) is 10.6 Å². The Morgan fingerprint density at radius 1 is 1.21 bits per heavy atom. The summed E-state index contributed by atoms with van der Waals surface area (Å²) in [6.07, 6.45) is 3.50. The molecule has 6 heteroatoms. The van der Waals surface area contributed by atoms with Gasteiger partial charge in [0.05, 0.1) is 0 Å². The Labute approximate surface area is 142 Å². The number of hydrogen-bond donors (Lipinski definition) is 2. The minimum absolute atomic E-state index is 0.0349. The van der Waals surface area contributed by atoms with Gasteiger partial charge in [-0.2, -0.15) is 0 Å². The highest BCUT2D eigenvalue weighted by Crippen LogP contribution is 2.13. The van der Waals surface area contributed by atoms with Crippen LogP contribution in [0.3, 0.4) is 0 Å². The molecule has 6 nitrogen and oxygen atoms in total. The molecule has 0 aliphatic carbocycles. The molecule has 0 aromatic heterocycles. The second-order valence-corrected chi connectivity index (χ2v) is 5.83. The molecule has 2 rings (SSSR count). The Morgan fingerprint density at radius 2 is 1.96 bits per heavy atom. The molecule has 1 aliphatic heterocycles. The van der Waals surface area contributed by atoms with Crippen LogP contribution in [-0.4, -0.2) is 44.2 Å². The molecule has 0 spiro atoms. The van der Waals surface area contributed by atoms with Gasteiger partial charge >= 0.3 is 0 Å². The molecule has 2 amide bonds. The van der Waals surface area contributed by atoms with Gasteiger partial charge in [-0.1, -0.05) is 25.5 Å². The Bertz CT molecular complexity index is 524. The monoisotopic (exact) mass is 334 g/mol. The van der Waals surface area contributed by atoms with Crippen molar-refractivity contribution in [2.75, 3.05) is 26.3 Å². The van der Waals surface area contributed by atoms with Crippen molar-refractivity contribution in [1.29, 1.82) is 0 Å². The van der Waals surface area contributed by atoms with Gasteiger partial charge in [0, 0.05) is 19.7 Å². The summed E-state index contributed by atoms with van der Waals surface area (Å²) in [5, 5.41) is 5.46. The van der Waals surface area contributed by atoms with Crippen molar-refractivity contribution >= 4 is 11.8 Å². The van der Waals surface area contributed by atoms with E-state index in [-0.39, 0.29) is 24.5 Å². The van der Waals surface area contributed by atoms with Crippen LogP contribution in [0.15, 0.2) is 24.3 Å². The molecule has 0 radical (unpaired) electrons. The van der Waals surface area contributed by atoms with E-state index in [1.54, 1.807) is 0 Å². The summed E-state index contributed by atoms with van der Waals surface area (Å²) in [7, 11) is 0. The van der Waals surface area contributed by atoms with Crippen molar-refractivity contribution in [2.45, 2.75) is 38.7 Å². The third kappa shape index (κ3) is 6.20. The number of amides is 2. The first kappa shape index (κ1) is 18.3. The van der Waals surface area contributed by atoms with Crippen LogP contribution in [0.1, 0.15) is 31.7 Å². The second kappa shape index (κ2) is 9.93. The molecule has 24 heavy (non-hydrogen) atoms. The van der Waals surface area contributed by atoms with E-state index in [2.05, 4.69) is 17.6 Å². The molecule has 1 aliphatic rings. The number of benzene rings is 1. The van der Waals surface area contributed by atoms with Gasteiger partial charge in [0.15, 0.2) is 6.61 Å². The molecule has 1 saturated heterocycles. The summed E-state index contributed by atoms with van der Waals surface area (Å²) in [5.41, 5.74) is 1.26. The fraction of sp³-hybridized carbons (Fsp3) is 0.556. The topological polar surface area (TPSA) is 76.7 Å². The average molecular weight is 334 g/mol. The Morgan fingerprint density at radius 3 is 2.62 bits per heavy atom. The maximum Gasteiger partial charge on any atom is 0.258 e. The summed E-state index contributed by atoms with van der Waals surface area (Å²) in [6.45, 7) is 3.50. The molecule has 1 atom stereocenters. The van der Waals surface area contributed by atoms with Crippen molar-refractivity contribution in [2.24, 2.45) is 0 Å². The van der Waals surface area contributed by atoms with E-state index >= 15 is 0 Å². The van der Waals surface area contributed by atoms with Gasteiger partial charge in [-0.05, 0) is 37.0 Å². The zero-order valence-corrected chi connectivity index (χ0v) is 14.2. The zero-order valence-electron chi connectivity index (χ0n) is 14.2. The van der Waals surface area contributed by atoms with Crippen molar-refractivity contribution in [3.05, 3.63) is 29.8 Å². The van der Waals surface area contributed by atoms with E-state index in [4.69, 9.17) is 9.47 Å². The van der Waals surface area contributed by atoms with Gasteiger partial charge < -0.3 is 20.1 Å². The van der Waals surface area contributed by atoms with Crippen LogP contribution in [0.25, 0.3) is 0 Å². The lowest BCUT2D eigenvalue weighted by atomic mass is 10.1. The zero-order chi connectivity index (χ0) is 17.2. The maximum absolute atomic E-state index is 11.7. The minimum Gasteiger partial charge on any atom is -0.484 e. The quantitative estimate of drug-likeness (QED) is 0.670. The predicted octanol–water partition coefficient (Wildman–Crippen LogP) is 1.43. The number of carbonyl (C=O) groups is 2. The first-order valence-electron chi connectivity index (χ1n) is 8.57. The third-order valence-corrected chi connectivity index (χ3v) is 3.80. The summed E-state index contributed by atoms with van der Waals surface area (Å²) in [4.78, 5) is 23.4. The lowest BCUT2D eigenvalue weighted by molar-refractivity contribution is -0.130. The first-order chi connectivity index (χ1) is 11.7. The standard InChI is InChI=1S/C18H26N2O4/c1-2-4-14-6-8-15(9-7-14)24-13-17(21)19-10-11-20-18(22)16-5-3-12-23-16/h6-9,16H,2-5,10-13H2,1H3,(H,19,21)(H,20,22). The third-order valence-electron chi connectivity index (χ3n) is 3.80. The van der Waals surface area contributed by atoms with Gasteiger partial charge in [0.1, 0.15) is 11.9 Å². The first-order valence-corrected chi connectivity index (χ1v) is 8.57. The molecule has 0 bridgehead atoms. The Balaban J connectivity index is 1.56. The molecule has 0 saturated carbocycles. The molecular formula is C18H26N2O4. The van der Waals surface area contributed by atoms with Crippen molar-refractivity contribution < 1.29 is 19.1 Å². The largest absolute Gasteiger partial charge is 0.484 e. The van der Waals surface area contributed by atoms with Crippen molar-refractivity contribution in [3.8, 4) is 5.75 Å². The van der Waals surface area contributed by atoms with E-state index in [0.29, 0.717) is 25.4 Å². The van der Waals surface area contributed by atoms with Crippen molar-refractivity contribution in [3.63, 3.8) is 0 Å². The van der Waals surface area contributed by atoms with Crippen LogP contribution in [-0.2, 0) is 20.7 Å². The van der Waals surface area contributed by atoms with E-state index in [0.717, 1.165) is 25.7 Å². The summed E-state index contributed by atoms with van der Waals surface area (Å²) in [6, 6.07) is 7.77. The van der Waals surface area contributed by atoms with Crippen LogP contribution in [0.2, 0.25) is 0 Å². The molecular weight excluding hydrogens is 308 g/mol. The number of rotatable bonds is 9. The van der Waals surface area contributed by atoms with Gasteiger partial charge in [-0.15, -0.1) is 0 Å². The molecule has 1 unspecified atom stereocenters. The summed E-state index contributed by atoms with van der Waals surface area (Å²) < 4.78 is 10.7. The fourth-order valence-corrected chi connectivity index (χ4v) is 2.53. The second-order valence-electron chi connectivity index (χ2n) is 5.83. The number of carbonyl (C=O) groups excluding carboxylic acids is 2. The summed E-state index contributed by atoms with van der Waals surface area (Å²) in [5.74, 6) is 0.362. The highest BCUT2D eigenvalue weighted by atomic mass is 16.5. The minimum atomic E-state index is -0.334. The molecule has 132 valence electrons. The molecule has 1 heterocycles. The highest BCUT2D eigenvalue weighted by Gasteiger charge is 2.22. The van der Waals surface area contributed by atoms with Gasteiger partial charge in [0.2, 0.25) is 5.91 Å². The predicted molar refractivity (Wildman–Crippen MR) is 90.9 cm³/mol. The van der Waals surface area contributed by atoms with E-state index in [9.17, 15) is 9.59 Å². The normalized spacial score (nSPS) is 16.6. The smallest absolute Gasteiger partial charge is 0.258 e. The van der Waals surface area contributed by atoms with E-state index in [1.807, 2.05) is 24.3 Å². The molecule has 1 fully saturated rings. The number of nitrogens with one attached hydrogen (secondary N) is 2. The average Bonchev–Trinajstić information content (AvgIpc) is 3.13. The van der Waals surface area contributed by atoms with E-state index < -0.39 is 0 Å². The Kier molecular flexibility index (Phi) is 7.55. The van der Waals surface area contributed by atoms with Crippen LogP contribution in [0.5, 0.6) is 5.75 Å². The fourth-order valence-electron chi connectivity index (χ4n) is 2.53. The van der Waals surface area contributed by atoms with Crippen LogP contribution in [0.4, 0.5) is 0 Å². The highest BCUT2D eigenvalue weighted by molar-refractivity contribution is 5.81. The number of ether oxygens (including phenoxy) is 2. The van der Waals surface area contributed by atoms with Crippen LogP contribution >= 0.6 is 0 Å². The molecule has 2 N–H and O–H groups in total. The number of aryl methyl sites for hydroxylation is 1. The van der Waals surface area contributed by atoms with E-state index in [1.165, 1.54) is 5.56 Å². The van der Waals surface area contributed by atoms with Crippen LogP contribution in [0, 0.1) is 0 Å². The molecule has 1 aromatic carbocycles. The SMILES string of the molecule is CCCc1ccc(OCC(=O)NCCNC(=O)C2CCCO2)cc1. The van der Waals surface area contributed by atoms with Gasteiger partial charge in [-0.3, -0.25) is 9.59 Å². The van der Waals surface area contributed by atoms with Gasteiger partial charge in [0.25, 0.3) is 5.91 Å². The Hall–Kier alpha value is -2.08. The van der Waals surface area contributed by atoms with Gasteiger partial charge in [-0.25, -0.2) is 0 Å². The lowest BCUT2D eigenvalue weighted by Crippen LogP contribution is -2.40. The summed E-state index contributed by atoms with van der Waals surface area (Å²) >= 11 is 0. The lowest BCUT2D eigenvalue weighted by Gasteiger charge is -2.11. The number of hydrogen-bond acceptors (Lipinski definition) is 4.